The molecule has 0 spiro atoms. The molecule has 108 valence electrons. The molecule has 5 nitrogen and oxygen atoms in total. The van der Waals surface area contributed by atoms with E-state index < -0.39 is 5.95 Å². The van der Waals surface area contributed by atoms with Crippen molar-refractivity contribution >= 4 is 11.6 Å². The Kier molecular flexibility index (Phi) is 3.98. The van der Waals surface area contributed by atoms with E-state index >= 15 is 0 Å². The van der Waals surface area contributed by atoms with Crippen LogP contribution in [0.15, 0.2) is 45.4 Å². The first-order chi connectivity index (χ1) is 10.2. The van der Waals surface area contributed by atoms with Crippen LogP contribution in [0.2, 0.25) is 5.02 Å². The van der Waals surface area contributed by atoms with E-state index in [-0.39, 0.29) is 13.2 Å². The smallest absolute Gasteiger partial charge is 0.253 e. The van der Waals surface area contributed by atoms with Crippen molar-refractivity contribution in [3.63, 3.8) is 0 Å². The van der Waals surface area contributed by atoms with Crippen molar-refractivity contribution in [3.05, 3.63) is 58.9 Å². The predicted octanol–water partition coefficient (Wildman–Crippen LogP) is 3.84. The van der Waals surface area contributed by atoms with E-state index in [0.717, 1.165) is 5.56 Å². The molecule has 0 saturated carbocycles. The molecule has 1 aromatic carbocycles. The second-order valence-electron chi connectivity index (χ2n) is 4.29. The van der Waals surface area contributed by atoms with E-state index in [4.69, 9.17) is 20.9 Å². The minimum atomic E-state index is -0.668. The molecular formula is C14H10ClFN2O3. The van der Waals surface area contributed by atoms with E-state index in [9.17, 15) is 4.39 Å². The summed E-state index contributed by atoms with van der Waals surface area (Å²) < 4.78 is 27.8. The van der Waals surface area contributed by atoms with Crippen LogP contribution in [0.4, 0.5) is 4.39 Å². The number of rotatable bonds is 5. The van der Waals surface area contributed by atoms with Crippen LogP contribution in [0.25, 0.3) is 11.3 Å². The van der Waals surface area contributed by atoms with Gasteiger partial charge in [0.15, 0.2) is 11.5 Å². The fourth-order valence-corrected chi connectivity index (χ4v) is 1.87. The summed E-state index contributed by atoms with van der Waals surface area (Å²) in [7, 11) is 0. The summed E-state index contributed by atoms with van der Waals surface area (Å²) in [5.41, 5.74) is 1.59. The van der Waals surface area contributed by atoms with Crippen molar-refractivity contribution in [1.29, 1.82) is 0 Å². The maximum Gasteiger partial charge on any atom is 0.253 e. The van der Waals surface area contributed by atoms with Gasteiger partial charge in [-0.25, -0.2) is 0 Å². The van der Waals surface area contributed by atoms with Crippen LogP contribution >= 0.6 is 11.6 Å². The minimum absolute atomic E-state index is 0.105. The second kappa shape index (κ2) is 6.07. The van der Waals surface area contributed by atoms with E-state index in [1.54, 1.807) is 18.2 Å². The Bertz CT molecular complexity index is 724. The lowest BCUT2D eigenvalue weighted by molar-refractivity contribution is 0.0724. The van der Waals surface area contributed by atoms with E-state index in [0.29, 0.717) is 22.2 Å². The highest BCUT2D eigenvalue weighted by Gasteiger charge is 2.08. The largest absolute Gasteiger partial charge is 0.365 e. The van der Waals surface area contributed by atoms with Crippen LogP contribution in [0.1, 0.15) is 11.5 Å². The molecule has 0 amide bonds. The second-order valence-corrected chi connectivity index (χ2v) is 4.73. The van der Waals surface area contributed by atoms with Crippen molar-refractivity contribution in [2.24, 2.45) is 0 Å². The molecule has 0 aliphatic rings. The zero-order valence-corrected chi connectivity index (χ0v) is 11.5. The zero-order valence-electron chi connectivity index (χ0n) is 10.8. The van der Waals surface area contributed by atoms with Gasteiger partial charge in [0.05, 0.1) is 0 Å². The number of hydrogen-bond donors (Lipinski definition) is 0. The summed E-state index contributed by atoms with van der Waals surface area (Å²) in [5, 5.41) is 7.73. The number of ether oxygens (including phenoxy) is 1. The van der Waals surface area contributed by atoms with Gasteiger partial charge in [-0.15, -0.1) is 0 Å². The summed E-state index contributed by atoms with van der Waals surface area (Å²) in [5.74, 6) is 0.197. The van der Waals surface area contributed by atoms with Crippen LogP contribution in [0, 0.1) is 5.95 Å². The lowest BCUT2D eigenvalue weighted by atomic mass is 10.1. The molecule has 0 fully saturated rings. The summed E-state index contributed by atoms with van der Waals surface area (Å²) in [6, 6.07) is 10.2. The third kappa shape index (κ3) is 3.48. The average Bonchev–Trinajstić information content (AvgIpc) is 3.09. The van der Waals surface area contributed by atoms with E-state index in [1.165, 1.54) is 6.07 Å². The van der Waals surface area contributed by atoms with Gasteiger partial charge in [-0.3, -0.25) is 0 Å². The fraction of sp³-hybridized carbons (Fsp3) is 0.143. The molecule has 0 saturated heterocycles. The van der Waals surface area contributed by atoms with Gasteiger partial charge in [-0.1, -0.05) is 28.9 Å². The standard InChI is InChI=1S/C14H10ClFN2O3/c15-10-3-1-9(2-4-10)13-5-11(20-17-13)7-19-8-12-6-14(16)18-21-12/h1-6H,7-8H2. The first kappa shape index (κ1) is 13.8. The van der Waals surface area contributed by atoms with E-state index in [1.807, 2.05) is 12.1 Å². The highest BCUT2D eigenvalue weighted by atomic mass is 35.5. The highest BCUT2D eigenvalue weighted by molar-refractivity contribution is 6.30. The molecule has 7 heteroatoms. The molecule has 3 aromatic rings. The molecule has 2 heterocycles. The Labute approximate surface area is 124 Å². The molecule has 2 aromatic heterocycles. The predicted molar refractivity (Wildman–Crippen MR) is 71.9 cm³/mol. The molecular weight excluding hydrogens is 299 g/mol. The summed E-state index contributed by atoms with van der Waals surface area (Å²) in [6.45, 7) is 0.302. The summed E-state index contributed by atoms with van der Waals surface area (Å²) in [4.78, 5) is 0. The Morgan fingerprint density at radius 3 is 2.33 bits per heavy atom. The van der Waals surface area contributed by atoms with Crippen molar-refractivity contribution in [1.82, 2.24) is 10.3 Å². The van der Waals surface area contributed by atoms with Gasteiger partial charge in [-0.05, 0) is 17.3 Å². The summed E-state index contributed by atoms with van der Waals surface area (Å²) >= 11 is 5.83. The van der Waals surface area contributed by atoms with Crippen LogP contribution in [0.5, 0.6) is 0 Å². The number of benzene rings is 1. The van der Waals surface area contributed by atoms with Gasteiger partial charge < -0.3 is 13.8 Å². The Morgan fingerprint density at radius 2 is 1.67 bits per heavy atom. The van der Waals surface area contributed by atoms with Crippen molar-refractivity contribution in [2.45, 2.75) is 13.2 Å². The monoisotopic (exact) mass is 308 g/mol. The molecule has 0 bridgehead atoms. The molecule has 0 unspecified atom stereocenters. The van der Waals surface area contributed by atoms with E-state index in [2.05, 4.69) is 14.8 Å². The highest BCUT2D eigenvalue weighted by Crippen LogP contribution is 2.21. The Morgan fingerprint density at radius 1 is 1.00 bits per heavy atom. The van der Waals surface area contributed by atoms with Crippen molar-refractivity contribution in [2.75, 3.05) is 0 Å². The molecule has 0 aliphatic heterocycles. The maximum absolute atomic E-state index is 12.6. The van der Waals surface area contributed by atoms with Crippen LogP contribution in [0.3, 0.4) is 0 Å². The van der Waals surface area contributed by atoms with Gasteiger partial charge in [-0.2, -0.15) is 4.39 Å². The van der Waals surface area contributed by atoms with Crippen LogP contribution in [-0.2, 0) is 18.0 Å². The molecule has 0 atom stereocenters. The Hall–Kier alpha value is -2.18. The normalized spacial score (nSPS) is 11.0. The van der Waals surface area contributed by atoms with Crippen molar-refractivity contribution in [3.8, 4) is 11.3 Å². The molecule has 21 heavy (non-hydrogen) atoms. The topological polar surface area (TPSA) is 61.3 Å². The molecule has 0 N–H and O–H groups in total. The lowest BCUT2D eigenvalue weighted by Crippen LogP contribution is -1.91. The number of nitrogens with zero attached hydrogens (tertiary/aromatic N) is 2. The average molecular weight is 309 g/mol. The summed E-state index contributed by atoms with van der Waals surface area (Å²) in [6.07, 6.45) is 0. The maximum atomic E-state index is 12.6. The van der Waals surface area contributed by atoms with Gasteiger partial charge >= 0.3 is 0 Å². The van der Waals surface area contributed by atoms with Gasteiger partial charge in [0.1, 0.15) is 18.9 Å². The van der Waals surface area contributed by atoms with Gasteiger partial charge in [0, 0.05) is 22.7 Å². The SMILES string of the molecule is Fc1cc(COCc2cc(-c3ccc(Cl)cc3)no2)on1. The minimum Gasteiger partial charge on any atom is -0.365 e. The van der Waals surface area contributed by atoms with Crippen LogP contribution < -0.4 is 0 Å². The molecule has 3 rings (SSSR count). The number of aromatic nitrogens is 2. The molecule has 0 aliphatic carbocycles. The quantitative estimate of drug-likeness (QED) is 0.716. The van der Waals surface area contributed by atoms with Gasteiger partial charge in [0.25, 0.3) is 5.95 Å². The van der Waals surface area contributed by atoms with Crippen LogP contribution in [-0.4, -0.2) is 10.3 Å². The molecule has 0 radical (unpaired) electrons. The number of halogens is 2. The fourth-order valence-electron chi connectivity index (χ4n) is 1.75. The van der Waals surface area contributed by atoms with Gasteiger partial charge in [0.2, 0.25) is 0 Å². The van der Waals surface area contributed by atoms with Crippen molar-refractivity contribution < 1.29 is 18.2 Å². The third-order valence-corrected chi connectivity index (χ3v) is 2.97. The first-order valence-corrected chi connectivity index (χ1v) is 6.49. The lowest BCUT2D eigenvalue weighted by Gasteiger charge is -1.96. The number of hydrogen-bond acceptors (Lipinski definition) is 5. The Balaban J connectivity index is 1.59. The first-order valence-electron chi connectivity index (χ1n) is 6.11. The third-order valence-electron chi connectivity index (χ3n) is 2.72. The zero-order chi connectivity index (χ0) is 14.7.